The van der Waals surface area contributed by atoms with E-state index in [0.717, 1.165) is 29.0 Å². The van der Waals surface area contributed by atoms with Gasteiger partial charge in [-0.3, -0.25) is 4.79 Å². The molecule has 0 spiro atoms. The van der Waals surface area contributed by atoms with Gasteiger partial charge in [0.1, 0.15) is 5.82 Å². The molecule has 3 aromatic rings. The lowest BCUT2D eigenvalue weighted by molar-refractivity contribution is 0.0952. The van der Waals surface area contributed by atoms with Crippen LogP contribution in [0, 0.1) is 0 Å². The van der Waals surface area contributed by atoms with Crippen LogP contribution in [0.3, 0.4) is 0 Å². The zero-order valence-corrected chi connectivity index (χ0v) is 16.7. The fraction of sp³-hybridized carbons (Fsp3) is 0.263. The number of benzene rings is 2. The Morgan fingerprint density at radius 3 is 2.42 bits per heavy atom. The van der Waals surface area contributed by atoms with Gasteiger partial charge in [0.2, 0.25) is 0 Å². The zero-order valence-electron chi connectivity index (χ0n) is 15.1. The van der Waals surface area contributed by atoms with Crippen molar-refractivity contribution in [3.8, 4) is 11.4 Å². The van der Waals surface area contributed by atoms with Crippen LogP contribution in [-0.4, -0.2) is 47.5 Å². The van der Waals surface area contributed by atoms with Gasteiger partial charge in [0.25, 0.3) is 5.91 Å². The molecule has 0 fully saturated rings. The summed E-state index contributed by atoms with van der Waals surface area (Å²) in [4.78, 5) is 19.3. The summed E-state index contributed by atoms with van der Waals surface area (Å²) in [6, 6.07) is 15.7. The molecule has 1 heterocycles. The predicted octanol–water partition coefficient (Wildman–Crippen LogP) is 3.38. The lowest BCUT2D eigenvalue weighted by Crippen LogP contribution is -2.31. The molecule has 0 aliphatic carbocycles. The van der Waals surface area contributed by atoms with Crippen molar-refractivity contribution in [1.29, 1.82) is 0 Å². The maximum absolute atomic E-state index is 12.6. The third-order valence-electron chi connectivity index (χ3n) is 4.02. The maximum atomic E-state index is 12.6. The highest BCUT2D eigenvalue weighted by Crippen LogP contribution is 2.25. The number of likely N-dealkylation sites (N-methyl/N-ethyl adjacent to an activating group) is 1. The second-order valence-corrected chi connectivity index (χ2v) is 6.09. The minimum absolute atomic E-state index is 0. The Labute approximate surface area is 166 Å². The van der Waals surface area contributed by atoms with Crippen LogP contribution < -0.4 is 5.32 Å². The molecule has 0 aliphatic heterocycles. The maximum Gasteiger partial charge on any atom is 0.253 e. The van der Waals surface area contributed by atoms with Gasteiger partial charge < -0.3 is 14.8 Å². The highest BCUT2D eigenvalue weighted by Gasteiger charge is 2.16. The lowest BCUT2D eigenvalue weighted by atomic mass is 10.1. The lowest BCUT2D eigenvalue weighted by Gasteiger charge is -2.11. The molecule has 3 rings (SSSR count). The SMILES string of the molecule is CN(C)CCNC(=O)c1cccc2nc(-c3ccccc3)n(C)c12.Cl.Cl. The van der Waals surface area contributed by atoms with Crippen molar-refractivity contribution in [1.82, 2.24) is 19.8 Å². The van der Waals surface area contributed by atoms with Crippen LogP contribution in [-0.2, 0) is 7.05 Å². The van der Waals surface area contributed by atoms with Crippen LogP contribution in [0.2, 0.25) is 0 Å². The first-order valence-corrected chi connectivity index (χ1v) is 8.01. The summed E-state index contributed by atoms with van der Waals surface area (Å²) in [7, 11) is 5.93. The fourth-order valence-corrected chi connectivity index (χ4v) is 2.79. The second kappa shape index (κ2) is 9.57. The summed E-state index contributed by atoms with van der Waals surface area (Å²) >= 11 is 0. The smallest absolute Gasteiger partial charge is 0.253 e. The number of amides is 1. The Morgan fingerprint density at radius 1 is 1.08 bits per heavy atom. The number of fused-ring (bicyclic) bond motifs is 1. The number of carbonyl (C=O) groups excluding carboxylic acids is 1. The van der Waals surface area contributed by atoms with Crippen LogP contribution in [0.1, 0.15) is 10.4 Å². The van der Waals surface area contributed by atoms with Crippen LogP contribution >= 0.6 is 24.8 Å². The molecule has 1 N–H and O–H groups in total. The number of para-hydroxylation sites is 1. The quantitative estimate of drug-likeness (QED) is 0.721. The van der Waals surface area contributed by atoms with Gasteiger partial charge >= 0.3 is 0 Å². The van der Waals surface area contributed by atoms with E-state index >= 15 is 0 Å². The van der Waals surface area contributed by atoms with E-state index < -0.39 is 0 Å². The number of hydrogen-bond donors (Lipinski definition) is 1. The van der Waals surface area contributed by atoms with E-state index in [1.165, 1.54) is 0 Å². The molecule has 0 aliphatic rings. The zero-order chi connectivity index (χ0) is 17.1. The molecular weight excluding hydrogens is 371 g/mol. The highest BCUT2D eigenvalue weighted by molar-refractivity contribution is 6.05. The largest absolute Gasteiger partial charge is 0.351 e. The number of halogens is 2. The first-order chi connectivity index (χ1) is 11.6. The highest BCUT2D eigenvalue weighted by atomic mass is 35.5. The summed E-state index contributed by atoms with van der Waals surface area (Å²) < 4.78 is 1.99. The topological polar surface area (TPSA) is 50.2 Å². The van der Waals surface area contributed by atoms with Gasteiger partial charge in [0, 0.05) is 25.7 Å². The summed E-state index contributed by atoms with van der Waals surface area (Å²) in [5.74, 6) is 0.796. The number of imidazole rings is 1. The van der Waals surface area contributed by atoms with Crippen molar-refractivity contribution in [3.63, 3.8) is 0 Å². The Kier molecular flexibility index (Phi) is 8.08. The minimum atomic E-state index is -0.0648. The van der Waals surface area contributed by atoms with Crippen molar-refractivity contribution in [2.45, 2.75) is 0 Å². The van der Waals surface area contributed by atoms with Crippen molar-refractivity contribution >= 4 is 41.8 Å². The van der Waals surface area contributed by atoms with Gasteiger partial charge in [0.05, 0.1) is 16.6 Å². The minimum Gasteiger partial charge on any atom is -0.351 e. The molecule has 0 bridgehead atoms. The third kappa shape index (κ3) is 4.55. The van der Waals surface area contributed by atoms with Crippen molar-refractivity contribution < 1.29 is 4.79 Å². The Morgan fingerprint density at radius 2 is 1.77 bits per heavy atom. The van der Waals surface area contributed by atoms with Gasteiger partial charge in [-0.05, 0) is 26.2 Å². The first-order valence-electron chi connectivity index (χ1n) is 8.01. The normalized spacial score (nSPS) is 10.3. The van der Waals surface area contributed by atoms with E-state index in [0.29, 0.717) is 12.1 Å². The van der Waals surface area contributed by atoms with Gasteiger partial charge in [-0.25, -0.2) is 4.98 Å². The van der Waals surface area contributed by atoms with Crippen molar-refractivity contribution in [2.24, 2.45) is 7.05 Å². The standard InChI is InChI=1S/C19H22N4O.2ClH/c1-22(2)13-12-20-19(24)15-10-7-11-16-17(15)23(3)18(21-16)14-8-5-4-6-9-14;;/h4-11H,12-13H2,1-3H3,(H,20,24);2*1H. The molecule has 0 unspecified atom stereocenters. The van der Waals surface area contributed by atoms with Crippen LogP contribution in [0.15, 0.2) is 48.5 Å². The molecule has 0 radical (unpaired) electrons. The van der Waals surface area contributed by atoms with E-state index in [-0.39, 0.29) is 30.7 Å². The fourth-order valence-electron chi connectivity index (χ4n) is 2.79. The third-order valence-corrected chi connectivity index (χ3v) is 4.02. The number of aryl methyl sites for hydroxylation is 1. The van der Waals surface area contributed by atoms with Gasteiger partial charge in [-0.2, -0.15) is 0 Å². The number of nitrogens with zero attached hydrogens (tertiary/aromatic N) is 3. The number of rotatable bonds is 5. The van der Waals surface area contributed by atoms with E-state index in [4.69, 9.17) is 4.98 Å². The van der Waals surface area contributed by atoms with Gasteiger partial charge in [-0.1, -0.05) is 36.4 Å². The average Bonchev–Trinajstić information content (AvgIpc) is 2.92. The van der Waals surface area contributed by atoms with Crippen LogP contribution in [0.4, 0.5) is 0 Å². The predicted molar refractivity (Wildman–Crippen MR) is 112 cm³/mol. The second-order valence-electron chi connectivity index (χ2n) is 6.09. The van der Waals surface area contributed by atoms with E-state index in [2.05, 4.69) is 5.32 Å². The molecule has 0 saturated carbocycles. The van der Waals surface area contributed by atoms with Crippen LogP contribution in [0.5, 0.6) is 0 Å². The van der Waals surface area contributed by atoms with E-state index in [1.54, 1.807) is 0 Å². The molecular formula is C19H24Cl2N4O. The molecule has 1 aromatic heterocycles. The van der Waals surface area contributed by atoms with Crippen LogP contribution in [0.25, 0.3) is 22.4 Å². The summed E-state index contributed by atoms with van der Waals surface area (Å²) in [6.07, 6.45) is 0. The Balaban J connectivity index is 0.00000169. The molecule has 5 nitrogen and oxygen atoms in total. The summed E-state index contributed by atoms with van der Waals surface area (Å²) in [5.41, 5.74) is 3.38. The van der Waals surface area contributed by atoms with Gasteiger partial charge in [0.15, 0.2) is 0 Å². The Bertz CT molecular complexity index is 863. The molecule has 140 valence electrons. The average molecular weight is 395 g/mol. The number of carbonyl (C=O) groups is 1. The monoisotopic (exact) mass is 394 g/mol. The number of nitrogens with one attached hydrogen (secondary N) is 1. The molecule has 2 aromatic carbocycles. The molecule has 1 amide bonds. The Hall–Kier alpha value is -2.08. The molecule has 26 heavy (non-hydrogen) atoms. The molecule has 0 atom stereocenters. The van der Waals surface area contributed by atoms with Crippen molar-refractivity contribution in [3.05, 3.63) is 54.1 Å². The van der Waals surface area contributed by atoms with Crippen molar-refractivity contribution in [2.75, 3.05) is 27.2 Å². The van der Waals surface area contributed by atoms with E-state index in [9.17, 15) is 4.79 Å². The van der Waals surface area contributed by atoms with Gasteiger partial charge in [-0.15, -0.1) is 24.8 Å². The summed E-state index contributed by atoms with van der Waals surface area (Å²) in [6.45, 7) is 1.42. The molecule has 0 saturated heterocycles. The number of aromatic nitrogens is 2. The number of hydrogen-bond acceptors (Lipinski definition) is 3. The molecule has 7 heteroatoms. The first kappa shape index (κ1) is 22.0. The van der Waals surface area contributed by atoms with E-state index in [1.807, 2.05) is 79.1 Å². The summed E-state index contributed by atoms with van der Waals surface area (Å²) in [5, 5.41) is 2.98.